The number of nitrogens with one attached hydrogen (secondary N) is 2. The smallest absolute Gasteiger partial charge is 0.231 e. The molecule has 1 atom stereocenters. The van der Waals surface area contributed by atoms with Gasteiger partial charge in [-0.05, 0) is 49.5 Å². The molecular formula is C18H23N3O3S2. The quantitative estimate of drug-likeness (QED) is 0.705. The van der Waals surface area contributed by atoms with Gasteiger partial charge < -0.3 is 15.4 Å². The first-order valence-corrected chi connectivity index (χ1v) is 10.3. The van der Waals surface area contributed by atoms with Gasteiger partial charge in [0.25, 0.3) is 0 Å². The Morgan fingerprint density at radius 2 is 1.88 bits per heavy atom. The van der Waals surface area contributed by atoms with Crippen molar-refractivity contribution >= 4 is 38.7 Å². The van der Waals surface area contributed by atoms with Gasteiger partial charge in [0.05, 0.1) is 18.0 Å². The lowest BCUT2D eigenvalue weighted by atomic mass is 10.3. The zero-order valence-corrected chi connectivity index (χ0v) is 16.6. The fraction of sp³-hybridized carbons (Fsp3) is 0.278. The average Bonchev–Trinajstić information content (AvgIpc) is 2.59. The second-order valence-electron chi connectivity index (χ2n) is 5.90. The van der Waals surface area contributed by atoms with Gasteiger partial charge in [0.2, 0.25) is 10.0 Å². The molecule has 0 aromatic heterocycles. The van der Waals surface area contributed by atoms with Crippen LogP contribution in [0.4, 0.5) is 11.4 Å². The molecule has 2 aromatic carbocycles. The van der Waals surface area contributed by atoms with E-state index >= 15 is 0 Å². The Bertz CT molecular complexity index is 842. The summed E-state index contributed by atoms with van der Waals surface area (Å²) in [5.74, 6) is 0.802. The molecule has 0 amide bonds. The fourth-order valence-electron chi connectivity index (χ4n) is 2.14. The van der Waals surface area contributed by atoms with E-state index in [2.05, 4.69) is 10.6 Å². The van der Waals surface area contributed by atoms with Crippen LogP contribution in [0, 0.1) is 0 Å². The first-order valence-electron chi connectivity index (χ1n) is 8.05. The highest BCUT2D eigenvalue weighted by Gasteiger charge is 2.12. The molecule has 0 radical (unpaired) electrons. The molecule has 2 N–H and O–H groups in total. The summed E-state index contributed by atoms with van der Waals surface area (Å²) >= 11 is 5.32. The van der Waals surface area contributed by atoms with Crippen LogP contribution in [-0.2, 0) is 10.0 Å². The minimum absolute atomic E-state index is 0.00270. The number of hydrogen-bond acceptors (Lipinski definition) is 4. The summed E-state index contributed by atoms with van der Waals surface area (Å²) in [5.41, 5.74) is 1.26. The molecule has 0 aliphatic rings. The highest BCUT2D eigenvalue weighted by molar-refractivity contribution is 7.92. The summed E-state index contributed by atoms with van der Waals surface area (Å²) in [7, 11) is -1.81. The van der Waals surface area contributed by atoms with Crippen LogP contribution in [-0.4, -0.2) is 39.5 Å². The predicted octanol–water partition coefficient (Wildman–Crippen LogP) is 2.84. The topological polar surface area (TPSA) is 70.7 Å². The van der Waals surface area contributed by atoms with E-state index in [4.69, 9.17) is 17.0 Å². The summed E-state index contributed by atoms with van der Waals surface area (Å²) in [6, 6.07) is 16.6. The van der Waals surface area contributed by atoms with E-state index in [0.717, 1.165) is 12.0 Å². The molecular weight excluding hydrogens is 370 g/mol. The van der Waals surface area contributed by atoms with Crippen molar-refractivity contribution in [1.29, 1.82) is 0 Å². The Hall–Kier alpha value is -2.32. The zero-order valence-electron chi connectivity index (χ0n) is 15.0. The van der Waals surface area contributed by atoms with Crippen LogP contribution < -0.4 is 19.7 Å². The van der Waals surface area contributed by atoms with E-state index in [1.54, 1.807) is 18.2 Å². The van der Waals surface area contributed by atoms with E-state index in [1.165, 1.54) is 11.4 Å². The molecule has 0 saturated carbocycles. The number of anilines is 2. The van der Waals surface area contributed by atoms with Crippen molar-refractivity contribution in [1.82, 2.24) is 5.32 Å². The summed E-state index contributed by atoms with van der Waals surface area (Å²) < 4.78 is 30.2. The third-order valence-electron chi connectivity index (χ3n) is 3.59. The first-order chi connectivity index (χ1) is 12.3. The van der Waals surface area contributed by atoms with Crippen LogP contribution in [0.2, 0.25) is 0 Å². The summed E-state index contributed by atoms with van der Waals surface area (Å²) in [4.78, 5) is 0. The van der Waals surface area contributed by atoms with Crippen LogP contribution in [0.3, 0.4) is 0 Å². The van der Waals surface area contributed by atoms with Gasteiger partial charge in [-0.1, -0.05) is 24.3 Å². The molecule has 0 saturated heterocycles. The second kappa shape index (κ2) is 8.86. The molecule has 0 aliphatic carbocycles. The van der Waals surface area contributed by atoms with E-state index in [-0.39, 0.29) is 6.04 Å². The van der Waals surface area contributed by atoms with Crippen LogP contribution in [0.1, 0.15) is 6.92 Å². The molecule has 0 fully saturated rings. The van der Waals surface area contributed by atoms with Crippen molar-refractivity contribution in [2.45, 2.75) is 13.0 Å². The van der Waals surface area contributed by atoms with Crippen molar-refractivity contribution in [2.75, 3.05) is 29.5 Å². The number of sulfonamides is 1. The van der Waals surface area contributed by atoms with Crippen molar-refractivity contribution in [3.8, 4) is 5.75 Å². The summed E-state index contributed by atoms with van der Waals surface area (Å²) in [5, 5.41) is 6.64. The highest BCUT2D eigenvalue weighted by Crippen LogP contribution is 2.20. The van der Waals surface area contributed by atoms with Gasteiger partial charge in [-0.15, -0.1) is 0 Å². The molecule has 0 aliphatic heterocycles. The van der Waals surface area contributed by atoms with Crippen molar-refractivity contribution in [3.63, 3.8) is 0 Å². The normalized spacial score (nSPS) is 12.1. The summed E-state index contributed by atoms with van der Waals surface area (Å²) in [6.45, 7) is 2.42. The SMILES string of the molecule is C[C@@H](COc1ccccc1)NC(=S)Nc1cccc(N(C)S(C)(=O)=O)c1. The maximum absolute atomic E-state index is 11.7. The van der Waals surface area contributed by atoms with E-state index in [0.29, 0.717) is 23.1 Å². The molecule has 0 heterocycles. The summed E-state index contributed by atoms with van der Waals surface area (Å²) in [6.07, 6.45) is 1.16. The van der Waals surface area contributed by atoms with E-state index in [1.807, 2.05) is 43.3 Å². The van der Waals surface area contributed by atoms with Crippen molar-refractivity contribution < 1.29 is 13.2 Å². The Morgan fingerprint density at radius 3 is 2.54 bits per heavy atom. The lowest BCUT2D eigenvalue weighted by molar-refractivity contribution is 0.287. The number of benzene rings is 2. The van der Waals surface area contributed by atoms with E-state index in [9.17, 15) is 8.42 Å². The fourth-order valence-corrected chi connectivity index (χ4v) is 2.96. The van der Waals surface area contributed by atoms with Gasteiger partial charge in [0.15, 0.2) is 5.11 Å². The van der Waals surface area contributed by atoms with Gasteiger partial charge in [-0.25, -0.2) is 8.42 Å². The Balaban J connectivity index is 1.89. The first kappa shape index (κ1) is 20.0. The molecule has 0 unspecified atom stereocenters. The van der Waals surface area contributed by atoms with E-state index < -0.39 is 10.0 Å². The van der Waals surface area contributed by atoms with Crippen LogP contribution in [0.5, 0.6) is 5.75 Å². The average molecular weight is 394 g/mol. The predicted molar refractivity (Wildman–Crippen MR) is 110 cm³/mol. The molecule has 0 spiro atoms. The molecule has 0 bridgehead atoms. The standard InChI is InChI=1S/C18H23N3O3S2/c1-14(13-24-17-10-5-4-6-11-17)19-18(25)20-15-8-7-9-16(12-15)21(2)26(3,22)23/h4-12,14H,13H2,1-3H3,(H2,19,20,25)/t14-/m0/s1. The van der Waals surface area contributed by atoms with Gasteiger partial charge in [-0.3, -0.25) is 4.31 Å². The number of nitrogens with zero attached hydrogens (tertiary/aromatic N) is 1. The number of rotatable bonds is 7. The monoisotopic (exact) mass is 393 g/mol. The zero-order chi connectivity index (χ0) is 19.2. The molecule has 2 rings (SSSR count). The van der Waals surface area contributed by atoms with Crippen LogP contribution in [0.25, 0.3) is 0 Å². The molecule has 2 aromatic rings. The number of para-hydroxylation sites is 1. The number of ether oxygens (including phenoxy) is 1. The van der Waals surface area contributed by atoms with Crippen LogP contribution in [0.15, 0.2) is 54.6 Å². The molecule has 140 valence electrons. The van der Waals surface area contributed by atoms with Gasteiger partial charge >= 0.3 is 0 Å². The Labute approximate surface area is 160 Å². The van der Waals surface area contributed by atoms with Crippen molar-refractivity contribution in [3.05, 3.63) is 54.6 Å². The maximum Gasteiger partial charge on any atom is 0.231 e. The Kier molecular flexibility index (Phi) is 6.82. The lowest BCUT2D eigenvalue weighted by Gasteiger charge is -2.20. The van der Waals surface area contributed by atoms with Gasteiger partial charge in [0, 0.05) is 12.7 Å². The second-order valence-corrected chi connectivity index (χ2v) is 8.33. The van der Waals surface area contributed by atoms with Crippen LogP contribution >= 0.6 is 12.2 Å². The third kappa shape index (κ3) is 6.20. The highest BCUT2D eigenvalue weighted by atomic mass is 32.2. The van der Waals surface area contributed by atoms with Crippen molar-refractivity contribution in [2.24, 2.45) is 0 Å². The molecule has 6 nitrogen and oxygen atoms in total. The minimum Gasteiger partial charge on any atom is -0.491 e. The Morgan fingerprint density at radius 1 is 1.19 bits per heavy atom. The molecule has 26 heavy (non-hydrogen) atoms. The van der Waals surface area contributed by atoms with Gasteiger partial charge in [-0.2, -0.15) is 0 Å². The molecule has 8 heteroatoms. The number of thiocarbonyl (C=S) groups is 1. The number of hydrogen-bond donors (Lipinski definition) is 2. The largest absolute Gasteiger partial charge is 0.491 e. The van der Waals surface area contributed by atoms with Gasteiger partial charge in [0.1, 0.15) is 12.4 Å². The lowest BCUT2D eigenvalue weighted by Crippen LogP contribution is -2.39. The minimum atomic E-state index is -3.31. The third-order valence-corrected chi connectivity index (χ3v) is 5.01. The maximum atomic E-state index is 11.7.